The molecular weight excluding hydrogens is 395 g/mol. The molecule has 2 aliphatic rings. The minimum Gasteiger partial charge on any atom is -0.743 e. The van der Waals surface area contributed by atoms with E-state index < -0.39 is 56.9 Å². The average Bonchev–Trinajstić information content (AvgIpc) is 2.94. The molecule has 4 unspecified atom stereocenters. The van der Waals surface area contributed by atoms with E-state index in [1.165, 1.54) is 0 Å². The maximum absolute atomic E-state index is 14.1. The van der Waals surface area contributed by atoms with E-state index in [4.69, 9.17) is 9.47 Å². The Morgan fingerprint density at radius 2 is 1.62 bits per heavy atom. The fourth-order valence-electron chi connectivity index (χ4n) is 3.62. The second kappa shape index (κ2) is 7.38. The zero-order valence-corrected chi connectivity index (χ0v) is 17.6. The monoisotopic (exact) mass is 414 g/mol. The van der Waals surface area contributed by atoms with E-state index >= 15 is 0 Å². The summed E-state index contributed by atoms with van der Waals surface area (Å²) < 4.78 is 97.0. The standard InChI is InChI=1S/C14H20F4O6S.Na/c1-12(2,3)24-11(19)23-10-6-7-4-8(10)9(5-7)13(15,16)14(17,18)25(20,21)22;/h7-10H,4-6H2,1-3H3,(H,20,21,22);/q;+1/p-1. The molecule has 146 valence electrons. The van der Waals surface area contributed by atoms with Gasteiger partial charge in [-0.2, -0.15) is 17.6 Å². The normalized spacial score (nSPS) is 29.2. The van der Waals surface area contributed by atoms with Crippen LogP contribution in [0.1, 0.15) is 40.0 Å². The van der Waals surface area contributed by atoms with E-state index in [1.54, 1.807) is 20.8 Å². The molecule has 12 heteroatoms. The van der Waals surface area contributed by atoms with Crippen LogP contribution in [0, 0.1) is 17.8 Å². The van der Waals surface area contributed by atoms with Gasteiger partial charge >= 0.3 is 46.9 Å². The van der Waals surface area contributed by atoms with Crippen LogP contribution in [0.5, 0.6) is 0 Å². The number of halogens is 4. The van der Waals surface area contributed by atoms with Crippen molar-refractivity contribution in [1.29, 1.82) is 0 Å². The molecule has 0 aromatic carbocycles. The predicted octanol–water partition coefficient (Wildman–Crippen LogP) is 0.130. The molecule has 0 radical (unpaired) electrons. The quantitative estimate of drug-likeness (QED) is 0.281. The Kier molecular flexibility index (Phi) is 6.80. The molecule has 0 saturated heterocycles. The van der Waals surface area contributed by atoms with Gasteiger partial charge in [-0.3, -0.25) is 0 Å². The van der Waals surface area contributed by atoms with Crippen molar-refractivity contribution in [3.8, 4) is 0 Å². The number of rotatable bonds is 4. The van der Waals surface area contributed by atoms with Crippen LogP contribution >= 0.6 is 0 Å². The molecule has 0 N–H and O–H groups in total. The van der Waals surface area contributed by atoms with Gasteiger partial charge in [-0.15, -0.1) is 0 Å². The molecule has 0 aliphatic heterocycles. The summed E-state index contributed by atoms with van der Waals surface area (Å²) in [5, 5.41) is -5.73. The molecule has 0 heterocycles. The third-order valence-corrected chi connectivity index (χ3v) is 5.46. The first-order valence-electron chi connectivity index (χ1n) is 7.67. The second-order valence-electron chi connectivity index (χ2n) is 7.56. The molecule has 2 rings (SSSR count). The summed E-state index contributed by atoms with van der Waals surface area (Å²) in [6.07, 6.45) is -2.28. The van der Waals surface area contributed by atoms with Gasteiger partial charge < -0.3 is 14.0 Å². The Morgan fingerprint density at radius 1 is 1.08 bits per heavy atom. The van der Waals surface area contributed by atoms with Gasteiger partial charge in [-0.25, -0.2) is 13.2 Å². The Morgan fingerprint density at radius 3 is 2.04 bits per heavy atom. The van der Waals surface area contributed by atoms with Crippen LogP contribution < -0.4 is 29.6 Å². The molecule has 0 amide bonds. The molecular formula is C14H19F4NaO6S. The maximum atomic E-state index is 14.1. The van der Waals surface area contributed by atoms with Gasteiger partial charge in [0.05, 0.1) is 0 Å². The van der Waals surface area contributed by atoms with Gasteiger partial charge in [0.2, 0.25) is 0 Å². The Bertz CT molecular complexity index is 648. The zero-order valence-electron chi connectivity index (χ0n) is 14.8. The Hall–Kier alpha value is -0.100. The van der Waals surface area contributed by atoms with Crippen LogP contribution in [0.4, 0.5) is 22.4 Å². The van der Waals surface area contributed by atoms with Crippen LogP contribution in [0.2, 0.25) is 0 Å². The van der Waals surface area contributed by atoms with Crippen molar-refractivity contribution in [2.45, 2.75) is 62.9 Å². The topological polar surface area (TPSA) is 92.7 Å². The first kappa shape index (κ1) is 23.9. The summed E-state index contributed by atoms with van der Waals surface area (Å²) in [4.78, 5) is 11.7. The SMILES string of the molecule is CC(C)(C)OC(=O)OC1CC2CC1C(C(F)(F)C(F)(F)S(=O)(=O)[O-])C2.[Na+]. The first-order chi connectivity index (χ1) is 11.1. The van der Waals surface area contributed by atoms with Crippen LogP contribution in [0.3, 0.4) is 0 Å². The largest absolute Gasteiger partial charge is 1.00 e. The third kappa shape index (κ3) is 4.48. The number of hydrogen-bond acceptors (Lipinski definition) is 6. The summed E-state index contributed by atoms with van der Waals surface area (Å²) in [6, 6.07) is 0. The molecule has 2 bridgehead atoms. The van der Waals surface area contributed by atoms with Gasteiger partial charge in [0.1, 0.15) is 11.7 Å². The second-order valence-corrected chi connectivity index (χ2v) is 8.98. The molecule has 0 aromatic heterocycles. The van der Waals surface area contributed by atoms with Crippen molar-refractivity contribution < 1.29 is 74.4 Å². The van der Waals surface area contributed by atoms with Gasteiger partial charge in [0, 0.05) is 11.8 Å². The minimum atomic E-state index is -6.54. The zero-order chi connectivity index (χ0) is 19.4. The predicted molar refractivity (Wildman–Crippen MR) is 75.0 cm³/mol. The van der Waals surface area contributed by atoms with E-state index in [0.29, 0.717) is 0 Å². The molecule has 0 aromatic rings. The van der Waals surface area contributed by atoms with E-state index in [2.05, 4.69) is 0 Å². The third-order valence-electron chi connectivity index (χ3n) is 4.56. The van der Waals surface area contributed by atoms with Crippen molar-refractivity contribution >= 4 is 16.3 Å². The molecule has 4 atom stereocenters. The fraction of sp³-hybridized carbons (Fsp3) is 0.929. The van der Waals surface area contributed by atoms with Crippen molar-refractivity contribution in [2.75, 3.05) is 0 Å². The molecule has 6 nitrogen and oxygen atoms in total. The minimum absolute atomic E-state index is 0. The fourth-order valence-corrected chi connectivity index (χ4v) is 4.10. The summed E-state index contributed by atoms with van der Waals surface area (Å²) in [5.74, 6) is -8.71. The van der Waals surface area contributed by atoms with Crippen LogP contribution in [-0.2, 0) is 19.6 Å². The van der Waals surface area contributed by atoms with E-state index in [-0.39, 0.29) is 48.8 Å². The number of ether oxygens (including phenoxy) is 2. The van der Waals surface area contributed by atoms with Crippen LogP contribution in [0.15, 0.2) is 0 Å². The van der Waals surface area contributed by atoms with Crippen molar-refractivity contribution in [3.05, 3.63) is 0 Å². The van der Waals surface area contributed by atoms with E-state index in [0.717, 1.165) is 0 Å². The summed E-state index contributed by atoms with van der Waals surface area (Å²) in [5.41, 5.74) is -0.887. The molecule has 26 heavy (non-hydrogen) atoms. The number of carbonyl (C=O) groups is 1. The van der Waals surface area contributed by atoms with E-state index in [9.17, 15) is 35.3 Å². The smallest absolute Gasteiger partial charge is 0.743 e. The van der Waals surface area contributed by atoms with Crippen molar-refractivity contribution in [3.63, 3.8) is 0 Å². The summed E-state index contributed by atoms with van der Waals surface area (Å²) >= 11 is 0. The number of carbonyl (C=O) groups excluding carboxylic acids is 1. The van der Waals surface area contributed by atoms with Gasteiger partial charge in [0.25, 0.3) is 0 Å². The number of fused-ring (bicyclic) bond motifs is 2. The molecule has 2 fully saturated rings. The Labute approximate surface area is 171 Å². The van der Waals surface area contributed by atoms with E-state index in [1.807, 2.05) is 0 Å². The van der Waals surface area contributed by atoms with Gasteiger partial charge in [-0.05, 0) is 46.0 Å². The van der Waals surface area contributed by atoms with Gasteiger partial charge in [-0.1, -0.05) is 0 Å². The van der Waals surface area contributed by atoms with Crippen LogP contribution in [0.25, 0.3) is 0 Å². The average molecular weight is 414 g/mol. The Balaban J connectivity index is 0.00000338. The molecule has 2 aliphatic carbocycles. The molecule has 0 spiro atoms. The number of alkyl halides is 4. The van der Waals surface area contributed by atoms with Crippen molar-refractivity contribution in [2.24, 2.45) is 17.8 Å². The van der Waals surface area contributed by atoms with Gasteiger partial charge in [0.15, 0.2) is 10.1 Å². The summed E-state index contributed by atoms with van der Waals surface area (Å²) in [6.45, 7) is 4.68. The summed E-state index contributed by atoms with van der Waals surface area (Å²) in [7, 11) is -6.54. The number of hydrogen-bond donors (Lipinski definition) is 0. The maximum Gasteiger partial charge on any atom is 1.00 e. The molecule has 2 saturated carbocycles. The first-order valence-corrected chi connectivity index (χ1v) is 9.08. The van der Waals surface area contributed by atoms with Crippen LogP contribution in [-0.4, -0.2) is 42.0 Å². The van der Waals surface area contributed by atoms with Crippen molar-refractivity contribution in [1.82, 2.24) is 0 Å².